The van der Waals surface area contributed by atoms with Crippen LogP contribution in [0.4, 0.5) is 0 Å². The van der Waals surface area contributed by atoms with Gasteiger partial charge in [0, 0.05) is 11.8 Å². The van der Waals surface area contributed by atoms with Crippen molar-refractivity contribution in [3.63, 3.8) is 0 Å². The summed E-state index contributed by atoms with van der Waals surface area (Å²) in [6.45, 7) is 4.25. The van der Waals surface area contributed by atoms with Gasteiger partial charge >= 0.3 is 0 Å². The quantitative estimate of drug-likeness (QED) is 0.747. The number of hydrogen-bond acceptors (Lipinski definition) is 2. The molecule has 1 unspecified atom stereocenters. The van der Waals surface area contributed by atoms with Crippen molar-refractivity contribution in [1.29, 1.82) is 0 Å². The Morgan fingerprint density at radius 1 is 1.57 bits per heavy atom. The summed E-state index contributed by atoms with van der Waals surface area (Å²) in [4.78, 5) is 11.9. The number of carbonyl (C=O) groups excluding carboxylic acids is 1. The number of nitrogens with two attached hydrogens (primary N) is 1. The van der Waals surface area contributed by atoms with Gasteiger partial charge in [-0.25, -0.2) is 4.21 Å². The van der Waals surface area contributed by atoms with E-state index in [2.05, 4.69) is 13.8 Å². The molecule has 2 saturated carbocycles. The Labute approximate surface area is 87.0 Å². The van der Waals surface area contributed by atoms with E-state index in [4.69, 9.17) is 5.14 Å². The van der Waals surface area contributed by atoms with Crippen molar-refractivity contribution < 1.29 is 9.00 Å². The lowest BCUT2D eigenvalue weighted by Gasteiger charge is -2.35. The predicted molar refractivity (Wildman–Crippen MR) is 55.8 cm³/mol. The Balaban J connectivity index is 2.39. The van der Waals surface area contributed by atoms with Gasteiger partial charge in [0.25, 0.3) is 0 Å². The smallest absolute Gasteiger partial charge is 0.140 e. The predicted octanol–water partition coefficient (Wildman–Crippen LogP) is 1.00. The van der Waals surface area contributed by atoms with E-state index in [1.165, 1.54) is 0 Å². The van der Waals surface area contributed by atoms with Crippen molar-refractivity contribution in [2.24, 2.45) is 21.9 Å². The van der Waals surface area contributed by atoms with Crippen LogP contribution < -0.4 is 5.14 Å². The van der Waals surface area contributed by atoms with Gasteiger partial charge in [0.1, 0.15) is 5.78 Å². The number of fused-ring (bicyclic) bond motifs is 2. The minimum absolute atomic E-state index is 0.000880. The van der Waals surface area contributed by atoms with E-state index in [1.54, 1.807) is 0 Å². The zero-order chi connectivity index (χ0) is 10.6. The fraction of sp³-hybridized carbons (Fsp3) is 0.900. The molecule has 2 N–H and O–H groups in total. The molecule has 80 valence electrons. The molecule has 0 aliphatic heterocycles. The average Bonchev–Trinajstić information content (AvgIpc) is 2.36. The molecule has 0 aromatic carbocycles. The lowest BCUT2D eigenvalue weighted by atomic mass is 9.70. The molecular weight excluding hydrogens is 198 g/mol. The monoisotopic (exact) mass is 215 g/mol. The molecule has 2 bridgehead atoms. The van der Waals surface area contributed by atoms with Crippen LogP contribution in [0.3, 0.4) is 0 Å². The first-order valence-electron chi connectivity index (χ1n) is 5.06. The van der Waals surface area contributed by atoms with Crippen LogP contribution in [-0.2, 0) is 15.8 Å². The highest BCUT2D eigenvalue weighted by molar-refractivity contribution is 7.82. The summed E-state index contributed by atoms with van der Waals surface area (Å²) < 4.78 is 11.2. The second-order valence-electron chi connectivity index (χ2n) is 5.19. The molecule has 2 rings (SSSR count). The third-order valence-corrected chi connectivity index (χ3v) is 5.31. The fourth-order valence-electron chi connectivity index (χ4n) is 3.35. The highest BCUT2D eigenvalue weighted by atomic mass is 32.2. The molecule has 0 radical (unpaired) electrons. The second kappa shape index (κ2) is 2.89. The number of carbonyl (C=O) groups is 1. The molecule has 0 spiro atoms. The topological polar surface area (TPSA) is 60.2 Å². The Morgan fingerprint density at radius 3 is 2.57 bits per heavy atom. The molecule has 3 atom stereocenters. The summed E-state index contributed by atoms with van der Waals surface area (Å²) in [6, 6.07) is 0. The van der Waals surface area contributed by atoms with Gasteiger partial charge in [0.15, 0.2) is 0 Å². The average molecular weight is 215 g/mol. The minimum atomic E-state index is -1.36. The van der Waals surface area contributed by atoms with Crippen molar-refractivity contribution in [2.45, 2.75) is 33.1 Å². The minimum Gasteiger partial charge on any atom is -0.299 e. The molecule has 4 heteroatoms. The zero-order valence-corrected chi connectivity index (χ0v) is 9.52. The van der Waals surface area contributed by atoms with Crippen molar-refractivity contribution in [3.8, 4) is 0 Å². The molecule has 14 heavy (non-hydrogen) atoms. The number of Topliss-reactive ketones (excluding diaryl/α,β-unsaturated/α-hetero) is 1. The Morgan fingerprint density at radius 2 is 2.21 bits per heavy atom. The number of ketones is 1. The maximum absolute atomic E-state index is 11.9. The summed E-state index contributed by atoms with van der Waals surface area (Å²) in [5.41, 5.74) is -0.379. The van der Waals surface area contributed by atoms with E-state index in [0.29, 0.717) is 18.1 Å². The van der Waals surface area contributed by atoms with Crippen LogP contribution in [-0.4, -0.2) is 15.7 Å². The van der Waals surface area contributed by atoms with Gasteiger partial charge in [-0.2, -0.15) is 0 Å². The number of hydrogen-bond donors (Lipinski definition) is 1. The van der Waals surface area contributed by atoms with Crippen molar-refractivity contribution in [3.05, 3.63) is 0 Å². The highest BCUT2D eigenvalue weighted by Crippen LogP contribution is 2.63. The van der Waals surface area contributed by atoms with E-state index < -0.39 is 11.0 Å². The van der Waals surface area contributed by atoms with E-state index in [9.17, 15) is 9.00 Å². The first kappa shape index (κ1) is 10.3. The maximum atomic E-state index is 11.9. The van der Waals surface area contributed by atoms with Crippen LogP contribution in [0.1, 0.15) is 33.1 Å². The Kier molecular flexibility index (Phi) is 2.13. The summed E-state index contributed by atoms with van der Waals surface area (Å²) in [6.07, 6.45) is 2.65. The molecule has 3 nitrogen and oxygen atoms in total. The SMILES string of the molecule is CC1(C)[C@@H]2CC[C@@]1(CS(N)=O)C(=O)C2. The van der Waals surface area contributed by atoms with E-state index in [1.807, 2.05) is 0 Å². The van der Waals surface area contributed by atoms with Crippen molar-refractivity contribution in [2.75, 3.05) is 5.75 Å². The molecule has 0 aromatic heterocycles. The molecule has 0 amide bonds. The van der Waals surface area contributed by atoms with E-state index in [-0.39, 0.29) is 16.6 Å². The molecule has 0 aromatic rings. The Bertz CT molecular complexity index is 313. The Hall–Kier alpha value is -0.220. The van der Waals surface area contributed by atoms with Gasteiger partial charge in [0.2, 0.25) is 0 Å². The van der Waals surface area contributed by atoms with Gasteiger partial charge in [0.05, 0.1) is 16.7 Å². The first-order chi connectivity index (χ1) is 6.40. The fourth-order valence-corrected chi connectivity index (χ4v) is 4.51. The van der Waals surface area contributed by atoms with Crippen LogP contribution in [0.5, 0.6) is 0 Å². The molecular formula is C10H17NO2S. The third-order valence-electron chi connectivity index (χ3n) is 4.53. The molecule has 0 saturated heterocycles. The summed E-state index contributed by atoms with van der Waals surface area (Å²) >= 11 is 0. The number of rotatable bonds is 2. The second-order valence-corrected chi connectivity index (χ2v) is 6.24. The van der Waals surface area contributed by atoms with Gasteiger partial charge in [-0.05, 0) is 24.2 Å². The molecule has 0 heterocycles. The summed E-state index contributed by atoms with van der Waals surface area (Å²) in [5.74, 6) is 1.13. The first-order valence-corrected chi connectivity index (χ1v) is 6.44. The lowest BCUT2D eigenvalue weighted by Crippen LogP contribution is -2.42. The molecule has 2 aliphatic rings. The highest BCUT2D eigenvalue weighted by Gasteiger charge is 2.64. The van der Waals surface area contributed by atoms with Gasteiger partial charge in [-0.15, -0.1) is 0 Å². The van der Waals surface area contributed by atoms with Crippen molar-refractivity contribution >= 4 is 16.8 Å². The van der Waals surface area contributed by atoms with Crippen LogP contribution in [0.25, 0.3) is 0 Å². The lowest BCUT2D eigenvalue weighted by molar-refractivity contribution is -0.127. The standard InChI is InChI=1S/C10H17NO2S/c1-9(2)7-3-4-10(9,6-14(11)13)8(12)5-7/h7H,3-6,11H2,1-2H3/t7-,10-,14?/m1/s1. The van der Waals surface area contributed by atoms with Crippen molar-refractivity contribution in [1.82, 2.24) is 0 Å². The summed E-state index contributed by atoms with van der Waals surface area (Å²) in [7, 11) is -1.36. The van der Waals surface area contributed by atoms with Crippen LogP contribution in [0, 0.1) is 16.7 Å². The van der Waals surface area contributed by atoms with Crippen LogP contribution >= 0.6 is 0 Å². The third kappa shape index (κ3) is 1.07. The van der Waals surface area contributed by atoms with Gasteiger partial charge in [-0.3, -0.25) is 9.93 Å². The van der Waals surface area contributed by atoms with E-state index in [0.717, 1.165) is 12.8 Å². The molecule has 2 fully saturated rings. The zero-order valence-electron chi connectivity index (χ0n) is 8.71. The summed E-state index contributed by atoms with van der Waals surface area (Å²) in [5, 5.41) is 5.35. The van der Waals surface area contributed by atoms with Gasteiger partial charge < -0.3 is 0 Å². The normalized spacial score (nSPS) is 41.6. The van der Waals surface area contributed by atoms with Crippen LogP contribution in [0.15, 0.2) is 0 Å². The van der Waals surface area contributed by atoms with Gasteiger partial charge in [-0.1, -0.05) is 13.8 Å². The molecule has 2 aliphatic carbocycles. The van der Waals surface area contributed by atoms with E-state index >= 15 is 0 Å². The van der Waals surface area contributed by atoms with Crippen LogP contribution in [0.2, 0.25) is 0 Å². The maximum Gasteiger partial charge on any atom is 0.140 e. The largest absolute Gasteiger partial charge is 0.299 e.